The molecule has 3 amide bonds. The first-order chi connectivity index (χ1) is 12.1. The number of hydrogen-bond acceptors (Lipinski definition) is 3. The lowest BCUT2D eigenvalue weighted by molar-refractivity contribution is -0.125. The van der Waals surface area contributed by atoms with E-state index in [9.17, 15) is 9.59 Å². The largest absolute Gasteiger partial charge is 0.359 e. The van der Waals surface area contributed by atoms with Gasteiger partial charge in [0.2, 0.25) is 5.91 Å². The number of aryl methyl sites for hydroxylation is 1. The maximum atomic E-state index is 12.6. The molecule has 1 aliphatic heterocycles. The van der Waals surface area contributed by atoms with Gasteiger partial charge in [0.1, 0.15) is 5.82 Å². The van der Waals surface area contributed by atoms with Crippen molar-refractivity contribution in [2.75, 3.05) is 25.5 Å². The number of nitrogens with zero attached hydrogens (tertiary/aromatic N) is 3. The van der Waals surface area contributed by atoms with Crippen molar-refractivity contribution in [2.45, 2.75) is 12.8 Å². The zero-order chi connectivity index (χ0) is 17.8. The van der Waals surface area contributed by atoms with Crippen molar-refractivity contribution >= 4 is 17.6 Å². The molecule has 1 saturated heterocycles. The highest BCUT2D eigenvalue weighted by atomic mass is 16.2. The fourth-order valence-corrected chi connectivity index (χ4v) is 3.16. The van der Waals surface area contributed by atoms with Crippen LogP contribution >= 0.6 is 0 Å². The summed E-state index contributed by atoms with van der Waals surface area (Å²) in [6.07, 6.45) is 5.28. The van der Waals surface area contributed by atoms with Crippen LogP contribution in [-0.4, -0.2) is 46.5 Å². The summed E-state index contributed by atoms with van der Waals surface area (Å²) in [5, 5.41) is 5.59. The smallest absolute Gasteiger partial charge is 0.321 e. The molecule has 25 heavy (non-hydrogen) atoms. The Kier molecular flexibility index (Phi) is 5.02. The Labute approximate surface area is 147 Å². The number of hydrogen-bond donors (Lipinski definition) is 2. The minimum Gasteiger partial charge on any atom is -0.359 e. The van der Waals surface area contributed by atoms with Gasteiger partial charge in [0, 0.05) is 50.8 Å². The van der Waals surface area contributed by atoms with Crippen LogP contribution in [0, 0.1) is 5.92 Å². The van der Waals surface area contributed by atoms with Crippen molar-refractivity contribution in [3.05, 3.63) is 36.7 Å². The second-order valence-electron chi connectivity index (χ2n) is 6.27. The first-order valence-electron chi connectivity index (χ1n) is 8.44. The summed E-state index contributed by atoms with van der Waals surface area (Å²) in [6.45, 7) is 1.11. The molecule has 7 nitrogen and oxygen atoms in total. The van der Waals surface area contributed by atoms with Gasteiger partial charge in [0.25, 0.3) is 0 Å². The third kappa shape index (κ3) is 3.81. The Morgan fingerprint density at radius 2 is 2.16 bits per heavy atom. The molecule has 2 aromatic rings. The molecule has 3 rings (SSSR count). The van der Waals surface area contributed by atoms with E-state index in [2.05, 4.69) is 15.6 Å². The van der Waals surface area contributed by atoms with Gasteiger partial charge >= 0.3 is 6.03 Å². The number of carbonyl (C=O) groups is 2. The fraction of sp³-hybridized carbons (Fsp3) is 0.389. The lowest BCUT2D eigenvalue weighted by Crippen LogP contribution is -2.46. The van der Waals surface area contributed by atoms with Gasteiger partial charge in [-0.15, -0.1) is 0 Å². The van der Waals surface area contributed by atoms with Crippen molar-refractivity contribution < 1.29 is 9.59 Å². The molecule has 0 radical (unpaired) electrons. The lowest BCUT2D eigenvalue weighted by Gasteiger charge is -2.31. The Bertz CT molecular complexity index is 770. The van der Waals surface area contributed by atoms with Crippen LogP contribution in [0.4, 0.5) is 10.5 Å². The number of anilines is 1. The van der Waals surface area contributed by atoms with E-state index < -0.39 is 0 Å². The number of urea groups is 1. The zero-order valence-corrected chi connectivity index (χ0v) is 14.5. The molecule has 0 spiro atoms. The summed E-state index contributed by atoms with van der Waals surface area (Å²) in [5.74, 6) is 0.700. The average molecular weight is 341 g/mol. The number of rotatable bonds is 3. The molecule has 7 heteroatoms. The summed E-state index contributed by atoms with van der Waals surface area (Å²) >= 11 is 0. The zero-order valence-electron chi connectivity index (χ0n) is 14.5. The minimum atomic E-state index is -0.175. The highest BCUT2D eigenvalue weighted by Crippen LogP contribution is 2.22. The highest BCUT2D eigenvalue weighted by molar-refractivity contribution is 5.90. The molecule has 0 saturated carbocycles. The number of carbonyl (C=O) groups excluding carboxylic acids is 2. The maximum absolute atomic E-state index is 12.6. The number of nitrogens with one attached hydrogen (secondary N) is 2. The molecule has 2 heterocycles. The van der Waals surface area contributed by atoms with E-state index in [1.807, 2.05) is 42.1 Å². The number of piperidine rings is 1. The van der Waals surface area contributed by atoms with E-state index in [-0.39, 0.29) is 17.9 Å². The van der Waals surface area contributed by atoms with Gasteiger partial charge in [-0.25, -0.2) is 9.78 Å². The Morgan fingerprint density at radius 3 is 2.88 bits per heavy atom. The molecule has 1 aromatic heterocycles. The van der Waals surface area contributed by atoms with Crippen LogP contribution in [0.15, 0.2) is 36.7 Å². The molecule has 1 aliphatic rings. The Morgan fingerprint density at radius 1 is 1.32 bits per heavy atom. The lowest BCUT2D eigenvalue weighted by atomic mass is 9.97. The van der Waals surface area contributed by atoms with Gasteiger partial charge in [0.05, 0.1) is 5.92 Å². The number of amides is 3. The van der Waals surface area contributed by atoms with Gasteiger partial charge < -0.3 is 20.1 Å². The van der Waals surface area contributed by atoms with Crippen molar-refractivity contribution in [1.82, 2.24) is 19.8 Å². The van der Waals surface area contributed by atoms with E-state index in [0.29, 0.717) is 18.8 Å². The predicted molar refractivity (Wildman–Crippen MR) is 96.0 cm³/mol. The van der Waals surface area contributed by atoms with Crippen LogP contribution < -0.4 is 10.6 Å². The standard InChI is InChI=1S/C18H23N5O2/c1-19-17(24)14-6-4-9-23(12-14)18(25)21-15-7-3-5-13(11-15)16-20-8-10-22(16)2/h3,5,7-8,10-11,14H,4,6,9,12H2,1-2H3,(H,19,24)(H,21,25). The van der Waals surface area contributed by atoms with E-state index in [1.54, 1.807) is 18.1 Å². The summed E-state index contributed by atoms with van der Waals surface area (Å²) in [6, 6.07) is 7.43. The quantitative estimate of drug-likeness (QED) is 0.897. The molecule has 1 atom stereocenters. The molecular formula is C18H23N5O2. The molecule has 1 fully saturated rings. The molecule has 2 N–H and O–H groups in total. The summed E-state index contributed by atoms with van der Waals surface area (Å²) < 4.78 is 1.93. The summed E-state index contributed by atoms with van der Waals surface area (Å²) in [4.78, 5) is 30.4. The molecule has 1 aromatic carbocycles. The van der Waals surface area contributed by atoms with Gasteiger partial charge in [0.15, 0.2) is 0 Å². The van der Waals surface area contributed by atoms with E-state index in [0.717, 1.165) is 24.2 Å². The van der Waals surface area contributed by atoms with E-state index >= 15 is 0 Å². The number of imidazole rings is 1. The first kappa shape index (κ1) is 17.0. The topological polar surface area (TPSA) is 79.3 Å². The summed E-state index contributed by atoms with van der Waals surface area (Å²) in [5.41, 5.74) is 1.65. The van der Waals surface area contributed by atoms with Crippen molar-refractivity contribution in [1.29, 1.82) is 0 Å². The SMILES string of the molecule is CNC(=O)C1CCCN(C(=O)Nc2cccc(-c3nccn3C)c2)C1. The monoisotopic (exact) mass is 341 g/mol. The molecule has 132 valence electrons. The number of aromatic nitrogens is 2. The van der Waals surface area contributed by atoms with Crippen LogP contribution in [0.2, 0.25) is 0 Å². The predicted octanol–water partition coefficient (Wildman–Crippen LogP) is 2.08. The van der Waals surface area contributed by atoms with Crippen molar-refractivity contribution in [3.63, 3.8) is 0 Å². The van der Waals surface area contributed by atoms with Crippen LogP contribution in [0.25, 0.3) is 11.4 Å². The van der Waals surface area contributed by atoms with Crippen molar-refractivity contribution in [2.24, 2.45) is 13.0 Å². The Balaban J connectivity index is 1.69. The minimum absolute atomic E-state index is 0.00530. The molecule has 0 aliphatic carbocycles. The van der Waals surface area contributed by atoms with Crippen LogP contribution in [0.1, 0.15) is 12.8 Å². The Hall–Kier alpha value is -2.83. The van der Waals surface area contributed by atoms with E-state index in [4.69, 9.17) is 0 Å². The van der Waals surface area contributed by atoms with Gasteiger partial charge in [-0.05, 0) is 25.0 Å². The molecular weight excluding hydrogens is 318 g/mol. The number of benzene rings is 1. The third-order valence-electron chi connectivity index (χ3n) is 4.52. The average Bonchev–Trinajstić information content (AvgIpc) is 3.07. The summed E-state index contributed by atoms with van der Waals surface area (Å²) in [7, 11) is 3.56. The van der Waals surface area contributed by atoms with Crippen LogP contribution in [0.5, 0.6) is 0 Å². The van der Waals surface area contributed by atoms with E-state index in [1.165, 1.54) is 0 Å². The maximum Gasteiger partial charge on any atom is 0.321 e. The third-order valence-corrected chi connectivity index (χ3v) is 4.52. The van der Waals surface area contributed by atoms with Crippen LogP contribution in [0.3, 0.4) is 0 Å². The van der Waals surface area contributed by atoms with Gasteiger partial charge in [-0.2, -0.15) is 0 Å². The van der Waals surface area contributed by atoms with Crippen LogP contribution in [-0.2, 0) is 11.8 Å². The highest BCUT2D eigenvalue weighted by Gasteiger charge is 2.27. The second-order valence-corrected chi connectivity index (χ2v) is 6.27. The van der Waals surface area contributed by atoms with Gasteiger partial charge in [-0.1, -0.05) is 12.1 Å². The second kappa shape index (κ2) is 7.38. The molecule has 0 bridgehead atoms. The fourth-order valence-electron chi connectivity index (χ4n) is 3.16. The first-order valence-corrected chi connectivity index (χ1v) is 8.44. The van der Waals surface area contributed by atoms with Crippen molar-refractivity contribution in [3.8, 4) is 11.4 Å². The number of likely N-dealkylation sites (tertiary alicyclic amines) is 1. The normalized spacial score (nSPS) is 17.2. The molecule has 1 unspecified atom stereocenters. The van der Waals surface area contributed by atoms with Gasteiger partial charge in [-0.3, -0.25) is 4.79 Å².